The number of hydrazone groups is 2. The zero-order chi connectivity index (χ0) is 16.1. The zero-order valence-corrected chi connectivity index (χ0v) is 12.9. The van der Waals surface area contributed by atoms with Crippen molar-refractivity contribution in [1.82, 2.24) is 5.43 Å². The molecule has 23 heavy (non-hydrogen) atoms. The minimum Gasteiger partial charge on any atom is -0.278 e. The number of benzene rings is 2. The molecule has 1 aliphatic heterocycles. The number of anilines is 1. The summed E-state index contributed by atoms with van der Waals surface area (Å²) >= 11 is 0. The Morgan fingerprint density at radius 3 is 2.48 bits per heavy atom. The van der Waals surface area contributed by atoms with E-state index in [1.807, 2.05) is 61.5 Å². The average Bonchev–Trinajstić information content (AvgIpc) is 2.61. The van der Waals surface area contributed by atoms with Crippen molar-refractivity contribution in [2.75, 3.05) is 5.43 Å². The summed E-state index contributed by atoms with van der Waals surface area (Å²) in [6, 6.07) is 17.9. The van der Waals surface area contributed by atoms with Gasteiger partial charge in [0, 0.05) is 12.8 Å². The second-order valence-corrected chi connectivity index (χ2v) is 5.35. The Bertz CT molecular complexity index is 748. The molecule has 0 aromatic heterocycles. The number of nitrogens with zero attached hydrogens (tertiary/aromatic N) is 2. The van der Waals surface area contributed by atoms with Crippen LogP contribution in [0.4, 0.5) is 5.69 Å². The van der Waals surface area contributed by atoms with Crippen molar-refractivity contribution < 1.29 is 4.79 Å². The van der Waals surface area contributed by atoms with Gasteiger partial charge in [0.15, 0.2) is 0 Å². The number of nitrogens with one attached hydrogen (secondary N) is 2. The van der Waals surface area contributed by atoms with Crippen LogP contribution < -0.4 is 10.9 Å². The maximum absolute atomic E-state index is 11.1. The van der Waals surface area contributed by atoms with Crippen molar-refractivity contribution in [3.8, 4) is 0 Å². The fraction of sp³-hybridized carbons (Fsp3) is 0.167. The van der Waals surface area contributed by atoms with E-state index in [9.17, 15) is 4.79 Å². The van der Waals surface area contributed by atoms with Crippen LogP contribution >= 0.6 is 0 Å². The highest BCUT2D eigenvalue weighted by Crippen LogP contribution is 2.14. The quantitative estimate of drug-likeness (QED) is 0.673. The fourth-order valence-electron chi connectivity index (χ4n) is 2.31. The van der Waals surface area contributed by atoms with Gasteiger partial charge in [0.25, 0.3) is 0 Å². The van der Waals surface area contributed by atoms with Crippen molar-refractivity contribution >= 4 is 23.0 Å². The molecule has 1 aliphatic rings. The molecule has 0 saturated heterocycles. The lowest BCUT2D eigenvalue weighted by Gasteiger charge is -2.12. The number of hydrogen-bond acceptors (Lipinski definition) is 4. The van der Waals surface area contributed by atoms with Crippen LogP contribution in [0, 0.1) is 0 Å². The molecular formula is C18H18N4O. The fourth-order valence-corrected chi connectivity index (χ4v) is 2.31. The third-order valence-corrected chi connectivity index (χ3v) is 3.67. The highest BCUT2D eigenvalue weighted by atomic mass is 16.2. The van der Waals surface area contributed by atoms with Gasteiger partial charge < -0.3 is 0 Å². The largest absolute Gasteiger partial charge is 0.278 e. The smallest absolute Gasteiger partial charge is 0.240 e. The Labute approximate surface area is 135 Å². The van der Waals surface area contributed by atoms with Gasteiger partial charge in [0.2, 0.25) is 5.91 Å². The first-order chi connectivity index (χ1) is 11.2. The third-order valence-electron chi connectivity index (χ3n) is 3.67. The van der Waals surface area contributed by atoms with E-state index in [0.717, 1.165) is 28.2 Å². The van der Waals surface area contributed by atoms with E-state index >= 15 is 0 Å². The highest BCUT2D eigenvalue weighted by Gasteiger charge is 2.12. The molecule has 116 valence electrons. The van der Waals surface area contributed by atoms with Crippen molar-refractivity contribution in [2.24, 2.45) is 10.2 Å². The summed E-state index contributed by atoms with van der Waals surface area (Å²) in [4.78, 5) is 11.1. The summed E-state index contributed by atoms with van der Waals surface area (Å²) in [7, 11) is 0. The molecule has 0 spiro atoms. The molecule has 0 aliphatic carbocycles. The third kappa shape index (κ3) is 3.83. The maximum atomic E-state index is 11.1. The lowest BCUT2D eigenvalue weighted by molar-refractivity contribution is -0.121. The van der Waals surface area contributed by atoms with Crippen LogP contribution in [-0.2, 0) is 4.79 Å². The lowest BCUT2D eigenvalue weighted by Crippen LogP contribution is -2.25. The number of hydrogen-bond donors (Lipinski definition) is 2. The van der Waals surface area contributed by atoms with Gasteiger partial charge in [0.1, 0.15) is 0 Å². The molecule has 0 bridgehead atoms. The first-order valence-corrected chi connectivity index (χ1v) is 7.54. The van der Waals surface area contributed by atoms with E-state index in [0.29, 0.717) is 12.8 Å². The molecule has 1 amide bonds. The maximum Gasteiger partial charge on any atom is 0.240 e. The van der Waals surface area contributed by atoms with Crippen molar-refractivity contribution in [3.63, 3.8) is 0 Å². The minimum atomic E-state index is -0.0299. The van der Waals surface area contributed by atoms with Gasteiger partial charge in [0.05, 0.1) is 17.1 Å². The predicted molar refractivity (Wildman–Crippen MR) is 92.6 cm³/mol. The first-order valence-electron chi connectivity index (χ1n) is 7.54. The van der Waals surface area contributed by atoms with Crippen LogP contribution in [-0.4, -0.2) is 17.3 Å². The Hall–Kier alpha value is -2.95. The summed E-state index contributed by atoms with van der Waals surface area (Å²) in [6.07, 6.45) is 1.16. The van der Waals surface area contributed by atoms with Gasteiger partial charge >= 0.3 is 0 Å². The van der Waals surface area contributed by atoms with E-state index in [4.69, 9.17) is 0 Å². The molecule has 0 atom stereocenters. The van der Waals surface area contributed by atoms with Gasteiger partial charge in [-0.15, -0.1) is 0 Å². The standard InChI is InChI=1S/C18H18N4O/c1-13(14-5-3-2-4-6-14)19-20-16-9-7-15(8-10-16)17-11-12-18(23)22-21-17/h2-10,20H,11-12H2,1H3,(H,22,23). The molecule has 0 saturated carbocycles. The SMILES string of the molecule is CC(=NNc1ccc(C2=NNC(=O)CC2)cc1)c1ccccc1. The monoisotopic (exact) mass is 306 g/mol. The predicted octanol–water partition coefficient (Wildman–Crippen LogP) is 3.14. The summed E-state index contributed by atoms with van der Waals surface area (Å²) < 4.78 is 0. The van der Waals surface area contributed by atoms with Crippen LogP contribution in [0.25, 0.3) is 0 Å². The first kappa shape index (κ1) is 15.0. The second kappa shape index (κ2) is 6.87. The topological polar surface area (TPSA) is 65.8 Å². The highest BCUT2D eigenvalue weighted by molar-refractivity contribution is 6.04. The average molecular weight is 306 g/mol. The van der Waals surface area contributed by atoms with Crippen LogP contribution in [0.15, 0.2) is 64.8 Å². The molecule has 5 heteroatoms. The van der Waals surface area contributed by atoms with E-state index in [2.05, 4.69) is 21.1 Å². The van der Waals surface area contributed by atoms with Crippen LogP contribution in [0.2, 0.25) is 0 Å². The zero-order valence-electron chi connectivity index (χ0n) is 12.9. The molecule has 2 aromatic rings. The van der Waals surface area contributed by atoms with Gasteiger partial charge in [-0.3, -0.25) is 10.2 Å². The number of carbonyl (C=O) groups excluding carboxylic acids is 1. The van der Waals surface area contributed by atoms with E-state index in [1.165, 1.54) is 0 Å². The van der Waals surface area contributed by atoms with Gasteiger partial charge in [-0.25, -0.2) is 5.43 Å². The Morgan fingerprint density at radius 1 is 1.09 bits per heavy atom. The Morgan fingerprint density at radius 2 is 1.83 bits per heavy atom. The van der Waals surface area contributed by atoms with Crippen molar-refractivity contribution in [1.29, 1.82) is 0 Å². The Balaban J connectivity index is 1.67. The molecule has 1 heterocycles. The minimum absolute atomic E-state index is 0.0299. The van der Waals surface area contributed by atoms with Gasteiger partial charge in [-0.2, -0.15) is 10.2 Å². The molecule has 0 radical (unpaired) electrons. The van der Waals surface area contributed by atoms with E-state index < -0.39 is 0 Å². The molecule has 2 aromatic carbocycles. The summed E-state index contributed by atoms with van der Waals surface area (Å²) in [5, 5.41) is 8.49. The Kier molecular flexibility index (Phi) is 4.47. The normalized spacial score (nSPS) is 14.9. The van der Waals surface area contributed by atoms with Crippen LogP contribution in [0.1, 0.15) is 30.9 Å². The number of rotatable bonds is 4. The lowest BCUT2D eigenvalue weighted by atomic mass is 10.0. The summed E-state index contributed by atoms with van der Waals surface area (Å²) in [5.74, 6) is -0.0299. The second-order valence-electron chi connectivity index (χ2n) is 5.35. The summed E-state index contributed by atoms with van der Waals surface area (Å²) in [6.45, 7) is 1.97. The van der Waals surface area contributed by atoms with Crippen molar-refractivity contribution in [2.45, 2.75) is 19.8 Å². The van der Waals surface area contributed by atoms with Crippen LogP contribution in [0.5, 0.6) is 0 Å². The van der Waals surface area contributed by atoms with Gasteiger partial charge in [-0.05, 0) is 30.2 Å². The van der Waals surface area contributed by atoms with E-state index in [1.54, 1.807) is 0 Å². The molecular weight excluding hydrogens is 288 g/mol. The van der Waals surface area contributed by atoms with Crippen molar-refractivity contribution in [3.05, 3.63) is 65.7 Å². The molecule has 5 nitrogen and oxygen atoms in total. The summed E-state index contributed by atoms with van der Waals surface area (Å²) in [5.41, 5.74) is 10.4. The van der Waals surface area contributed by atoms with Crippen LogP contribution in [0.3, 0.4) is 0 Å². The number of amides is 1. The molecule has 2 N–H and O–H groups in total. The van der Waals surface area contributed by atoms with E-state index in [-0.39, 0.29) is 5.91 Å². The molecule has 0 fully saturated rings. The molecule has 3 rings (SSSR count). The molecule has 0 unspecified atom stereocenters. The van der Waals surface area contributed by atoms with Gasteiger partial charge in [-0.1, -0.05) is 42.5 Å². The number of carbonyl (C=O) groups is 1.